The van der Waals surface area contributed by atoms with Gasteiger partial charge in [0.15, 0.2) is 0 Å². The molecule has 0 fully saturated rings. The first kappa shape index (κ1) is 13.0. The van der Waals surface area contributed by atoms with Gasteiger partial charge < -0.3 is 10.4 Å². The molecule has 0 aliphatic heterocycles. The lowest BCUT2D eigenvalue weighted by Crippen LogP contribution is -2.39. The van der Waals surface area contributed by atoms with Crippen LogP contribution in [0, 0.1) is 0 Å². The van der Waals surface area contributed by atoms with Crippen molar-refractivity contribution in [2.45, 2.75) is 13.3 Å². The molecule has 1 rings (SSSR count). The zero-order chi connectivity index (χ0) is 12.8. The van der Waals surface area contributed by atoms with Crippen LogP contribution in [0.4, 0.5) is 10.5 Å². The predicted octanol–water partition coefficient (Wildman–Crippen LogP) is 1.48. The topological polar surface area (TPSA) is 69.6 Å². The van der Waals surface area contributed by atoms with Gasteiger partial charge in [-0.1, -0.05) is 19.1 Å². The molecule has 0 saturated carbocycles. The van der Waals surface area contributed by atoms with Crippen LogP contribution >= 0.6 is 0 Å². The summed E-state index contributed by atoms with van der Waals surface area (Å²) in [6, 6.07) is 7.11. The van der Waals surface area contributed by atoms with Crippen LogP contribution in [-0.4, -0.2) is 30.7 Å². The van der Waals surface area contributed by atoms with Gasteiger partial charge in [0.1, 0.15) is 6.54 Å². The van der Waals surface area contributed by atoms with Crippen molar-refractivity contribution in [1.29, 1.82) is 0 Å². The van der Waals surface area contributed by atoms with E-state index in [0.717, 1.165) is 12.1 Å². The molecule has 0 heterocycles. The first-order chi connectivity index (χ1) is 8.04. The van der Waals surface area contributed by atoms with Gasteiger partial charge in [0, 0.05) is 12.7 Å². The van der Waals surface area contributed by atoms with E-state index in [1.165, 1.54) is 10.5 Å². The average molecular weight is 236 g/mol. The number of urea groups is 1. The Labute approximate surface area is 100 Å². The van der Waals surface area contributed by atoms with E-state index in [1.807, 2.05) is 24.3 Å². The monoisotopic (exact) mass is 236 g/mol. The fraction of sp³-hybridized carbons (Fsp3) is 0.333. The fourth-order valence-electron chi connectivity index (χ4n) is 1.34. The molecule has 0 spiro atoms. The van der Waals surface area contributed by atoms with Crippen molar-refractivity contribution in [2.75, 3.05) is 18.5 Å². The smallest absolute Gasteiger partial charge is 0.323 e. The molecular formula is C12H16N2O3. The second-order valence-electron chi connectivity index (χ2n) is 3.63. The number of anilines is 1. The van der Waals surface area contributed by atoms with Crippen LogP contribution in [0.15, 0.2) is 24.3 Å². The SMILES string of the molecule is CCc1ccc(N(C)C(=O)NCC(=O)O)cc1. The van der Waals surface area contributed by atoms with Crippen LogP contribution in [0.5, 0.6) is 0 Å². The van der Waals surface area contributed by atoms with Crippen molar-refractivity contribution >= 4 is 17.7 Å². The Bertz CT molecular complexity index is 401. The lowest BCUT2D eigenvalue weighted by Gasteiger charge is -2.17. The molecule has 0 bridgehead atoms. The largest absolute Gasteiger partial charge is 0.480 e. The third kappa shape index (κ3) is 3.79. The molecule has 2 amide bonds. The average Bonchev–Trinajstić information content (AvgIpc) is 2.35. The second-order valence-corrected chi connectivity index (χ2v) is 3.63. The van der Waals surface area contributed by atoms with Crippen LogP contribution in [0.1, 0.15) is 12.5 Å². The highest BCUT2D eigenvalue weighted by atomic mass is 16.4. The predicted molar refractivity (Wildman–Crippen MR) is 65.3 cm³/mol. The Morgan fingerprint density at radius 1 is 1.29 bits per heavy atom. The zero-order valence-electron chi connectivity index (χ0n) is 9.93. The van der Waals surface area contributed by atoms with Crippen molar-refractivity contribution in [2.24, 2.45) is 0 Å². The molecule has 1 aromatic rings. The highest BCUT2D eigenvalue weighted by Crippen LogP contribution is 2.14. The van der Waals surface area contributed by atoms with Crippen molar-refractivity contribution in [3.8, 4) is 0 Å². The van der Waals surface area contributed by atoms with Gasteiger partial charge in [-0.3, -0.25) is 9.69 Å². The van der Waals surface area contributed by atoms with Gasteiger partial charge >= 0.3 is 12.0 Å². The second kappa shape index (κ2) is 5.89. The summed E-state index contributed by atoms with van der Waals surface area (Å²) in [7, 11) is 1.60. The standard InChI is InChI=1S/C12H16N2O3/c1-3-9-4-6-10(7-5-9)14(2)12(17)13-8-11(15)16/h4-7H,3,8H2,1-2H3,(H,13,17)(H,15,16). The van der Waals surface area contributed by atoms with Crippen LogP contribution in [0.25, 0.3) is 0 Å². The van der Waals surface area contributed by atoms with Crippen LogP contribution in [0.3, 0.4) is 0 Å². The van der Waals surface area contributed by atoms with E-state index in [4.69, 9.17) is 5.11 Å². The lowest BCUT2D eigenvalue weighted by atomic mass is 10.1. The minimum absolute atomic E-state index is 0.379. The van der Waals surface area contributed by atoms with E-state index >= 15 is 0 Å². The van der Waals surface area contributed by atoms with Gasteiger partial charge in [-0.05, 0) is 24.1 Å². The number of nitrogens with one attached hydrogen (secondary N) is 1. The molecule has 0 aromatic heterocycles. The number of carboxylic acids is 1. The summed E-state index contributed by atoms with van der Waals surface area (Å²) in [6.45, 7) is 1.68. The molecule has 5 heteroatoms. The van der Waals surface area contributed by atoms with Crippen molar-refractivity contribution in [3.63, 3.8) is 0 Å². The molecule has 5 nitrogen and oxygen atoms in total. The van der Waals surface area contributed by atoms with E-state index in [0.29, 0.717) is 0 Å². The maximum Gasteiger partial charge on any atom is 0.323 e. The van der Waals surface area contributed by atoms with Crippen LogP contribution < -0.4 is 10.2 Å². The van der Waals surface area contributed by atoms with E-state index in [9.17, 15) is 9.59 Å². The highest BCUT2D eigenvalue weighted by molar-refractivity contribution is 5.93. The molecule has 0 saturated heterocycles. The number of amides is 2. The van der Waals surface area contributed by atoms with Crippen LogP contribution in [-0.2, 0) is 11.2 Å². The molecule has 17 heavy (non-hydrogen) atoms. The summed E-state index contributed by atoms with van der Waals surface area (Å²) in [6.07, 6.45) is 0.940. The first-order valence-corrected chi connectivity index (χ1v) is 5.37. The van der Waals surface area contributed by atoms with Gasteiger partial charge in [0.2, 0.25) is 0 Å². The number of aryl methyl sites for hydroxylation is 1. The number of benzene rings is 1. The number of hydrogen-bond donors (Lipinski definition) is 2. The van der Waals surface area contributed by atoms with Crippen molar-refractivity contribution < 1.29 is 14.7 Å². The maximum absolute atomic E-state index is 11.6. The Balaban J connectivity index is 2.64. The summed E-state index contributed by atoms with van der Waals surface area (Å²) in [5, 5.41) is 10.7. The Morgan fingerprint density at radius 2 is 1.88 bits per heavy atom. The molecule has 2 N–H and O–H groups in total. The van der Waals surface area contributed by atoms with Gasteiger partial charge in [0.25, 0.3) is 0 Å². The first-order valence-electron chi connectivity index (χ1n) is 5.37. The minimum Gasteiger partial charge on any atom is -0.480 e. The summed E-state index contributed by atoms with van der Waals surface area (Å²) in [5.74, 6) is -1.06. The van der Waals surface area contributed by atoms with Crippen molar-refractivity contribution in [3.05, 3.63) is 29.8 Å². The van der Waals surface area contributed by atoms with Gasteiger partial charge in [0.05, 0.1) is 0 Å². The number of carboxylic acid groups (broad SMARTS) is 1. The van der Waals surface area contributed by atoms with Gasteiger partial charge in [-0.2, -0.15) is 0 Å². The quantitative estimate of drug-likeness (QED) is 0.831. The number of aliphatic carboxylic acids is 1. The van der Waals surface area contributed by atoms with E-state index in [-0.39, 0.29) is 6.54 Å². The number of nitrogens with zero attached hydrogens (tertiary/aromatic N) is 1. The van der Waals surface area contributed by atoms with E-state index < -0.39 is 12.0 Å². The number of rotatable bonds is 4. The summed E-state index contributed by atoms with van der Waals surface area (Å²) < 4.78 is 0. The zero-order valence-corrected chi connectivity index (χ0v) is 9.93. The number of carbonyl (C=O) groups is 2. The summed E-state index contributed by atoms with van der Waals surface area (Å²) in [4.78, 5) is 23.2. The molecule has 0 unspecified atom stereocenters. The van der Waals surface area contributed by atoms with E-state index in [2.05, 4.69) is 12.2 Å². The molecule has 0 aliphatic rings. The molecule has 0 atom stereocenters. The fourth-order valence-corrected chi connectivity index (χ4v) is 1.34. The number of carbonyl (C=O) groups excluding carboxylic acids is 1. The number of hydrogen-bond acceptors (Lipinski definition) is 2. The molecule has 92 valence electrons. The highest BCUT2D eigenvalue weighted by Gasteiger charge is 2.11. The summed E-state index contributed by atoms with van der Waals surface area (Å²) >= 11 is 0. The Hall–Kier alpha value is -2.04. The minimum atomic E-state index is -1.06. The van der Waals surface area contributed by atoms with Crippen molar-refractivity contribution in [1.82, 2.24) is 5.32 Å². The van der Waals surface area contributed by atoms with Crippen LogP contribution in [0.2, 0.25) is 0 Å². The summed E-state index contributed by atoms with van der Waals surface area (Å²) in [5.41, 5.74) is 1.91. The third-order valence-corrected chi connectivity index (χ3v) is 2.43. The maximum atomic E-state index is 11.6. The van der Waals surface area contributed by atoms with Gasteiger partial charge in [-0.15, -0.1) is 0 Å². The molecule has 1 aromatic carbocycles. The lowest BCUT2D eigenvalue weighted by molar-refractivity contribution is -0.135. The Morgan fingerprint density at radius 3 is 2.35 bits per heavy atom. The molecular weight excluding hydrogens is 220 g/mol. The van der Waals surface area contributed by atoms with E-state index in [1.54, 1.807) is 7.05 Å². The third-order valence-electron chi connectivity index (χ3n) is 2.43. The molecule has 0 radical (unpaired) electrons. The Kier molecular flexibility index (Phi) is 4.51. The van der Waals surface area contributed by atoms with Gasteiger partial charge in [-0.25, -0.2) is 4.79 Å². The molecule has 0 aliphatic carbocycles. The normalized spacial score (nSPS) is 9.76.